The fraction of sp³-hybridized carbons (Fsp3) is 0.188. The van der Waals surface area contributed by atoms with Crippen LogP contribution >= 0.6 is 0 Å². The van der Waals surface area contributed by atoms with E-state index in [1.54, 1.807) is 42.7 Å². The Bertz CT molecular complexity index is 626. The van der Waals surface area contributed by atoms with Crippen molar-refractivity contribution < 1.29 is 14.1 Å². The van der Waals surface area contributed by atoms with Gasteiger partial charge in [-0.05, 0) is 29.8 Å². The van der Waals surface area contributed by atoms with Gasteiger partial charge in [0.05, 0.1) is 12.5 Å². The van der Waals surface area contributed by atoms with Crippen LogP contribution < -0.4 is 5.32 Å². The van der Waals surface area contributed by atoms with Crippen molar-refractivity contribution in [3.63, 3.8) is 0 Å². The fourth-order valence-corrected chi connectivity index (χ4v) is 2.43. The van der Waals surface area contributed by atoms with Crippen molar-refractivity contribution in [1.29, 1.82) is 0 Å². The number of carbonyl (C=O) groups is 1. The molecule has 1 amide bonds. The molecule has 110 valence electrons. The largest absolute Gasteiger partial charge is 0.388 e. The maximum absolute atomic E-state index is 11.9. The van der Waals surface area contributed by atoms with E-state index in [2.05, 4.69) is 5.32 Å². The quantitative estimate of drug-likeness (QED) is 0.892. The average Bonchev–Trinajstić information content (AvgIpc) is 2.48. The van der Waals surface area contributed by atoms with Gasteiger partial charge in [-0.3, -0.25) is 9.00 Å². The fourth-order valence-electron chi connectivity index (χ4n) is 1.91. The summed E-state index contributed by atoms with van der Waals surface area (Å²) in [6.45, 7) is 0. The smallest absolute Gasteiger partial charge is 0.227 e. The summed E-state index contributed by atoms with van der Waals surface area (Å²) in [5.74, 6) is -0.267. The lowest BCUT2D eigenvalue weighted by Crippen LogP contribution is -2.15. The number of nitrogens with one attached hydrogen (secondary N) is 1. The number of anilines is 1. The topological polar surface area (TPSA) is 66.4 Å². The van der Waals surface area contributed by atoms with Crippen LogP contribution in [-0.4, -0.2) is 21.5 Å². The van der Waals surface area contributed by atoms with Crippen molar-refractivity contribution >= 4 is 22.4 Å². The molecule has 21 heavy (non-hydrogen) atoms. The molecule has 0 fully saturated rings. The molecular formula is C16H17NO3S. The van der Waals surface area contributed by atoms with Crippen LogP contribution in [0.25, 0.3) is 0 Å². The van der Waals surface area contributed by atoms with Crippen LogP contribution in [0.15, 0.2) is 59.5 Å². The average molecular weight is 303 g/mol. The van der Waals surface area contributed by atoms with Gasteiger partial charge in [0.15, 0.2) is 0 Å². The third kappa shape index (κ3) is 4.51. The number of benzene rings is 2. The minimum absolute atomic E-state index is 0.00846. The molecule has 0 aliphatic rings. The van der Waals surface area contributed by atoms with E-state index in [1.165, 1.54) is 0 Å². The SMILES string of the molecule is CS(=O)c1ccc(NC(=O)CC(O)c2ccccc2)cc1. The standard InChI is InChI=1S/C16H17NO3S/c1-21(20)14-9-7-13(8-10-14)17-16(19)11-15(18)12-5-3-2-4-6-12/h2-10,15,18H,11H2,1H3,(H,17,19). The Morgan fingerprint density at radius 2 is 1.76 bits per heavy atom. The second-order valence-corrected chi connectivity index (χ2v) is 6.04. The molecule has 0 radical (unpaired) electrons. The first-order valence-corrected chi connectivity index (χ1v) is 8.08. The van der Waals surface area contributed by atoms with Crippen LogP contribution in [0.2, 0.25) is 0 Å². The Kier molecular flexibility index (Phi) is 5.25. The Balaban J connectivity index is 1.94. The molecule has 0 saturated carbocycles. The highest BCUT2D eigenvalue weighted by Crippen LogP contribution is 2.18. The molecule has 4 nitrogen and oxygen atoms in total. The van der Waals surface area contributed by atoms with Crippen molar-refractivity contribution in [3.05, 3.63) is 60.2 Å². The highest BCUT2D eigenvalue weighted by atomic mass is 32.2. The summed E-state index contributed by atoms with van der Waals surface area (Å²) in [5.41, 5.74) is 1.33. The molecule has 0 aliphatic heterocycles. The maximum Gasteiger partial charge on any atom is 0.227 e. The van der Waals surface area contributed by atoms with E-state index in [4.69, 9.17) is 0 Å². The molecule has 2 atom stereocenters. The monoisotopic (exact) mass is 303 g/mol. The lowest BCUT2D eigenvalue weighted by molar-refractivity contribution is -0.118. The van der Waals surface area contributed by atoms with Gasteiger partial charge in [0, 0.05) is 27.6 Å². The number of aliphatic hydroxyl groups excluding tert-OH is 1. The van der Waals surface area contributed by atoms with Gasteiger partial charge < -0.3 is 10.4 Å². The number of aliphatic hydroxyl groups is 1. The molecular weight excluding hydrogens is 286 g/mol. The minimum Gasteiger partial charge on any atom is -0.388 e. The van der Waals surface area contributed by atoms with E-state index in [1.807, 2.05) is 18.2 Å². The number of hydrogen-bond donors (Lipinski definition) is 2. The molecule has 2 N–H and O–H groups in total. The van der Waals surface area contributed by atoms with Gasteiger partial charge in [0.1, 0.15) is 0 Å². The van der Waals surface area contributed by atoms with Gasteiger partial charge in [-0.25, -0.2) is 0 Å². The zero-order valence-electron chi connectivity index (χ0n) is 11.7. The second-order valence-electron chi connectivity index (χ2n) is 4.66. The highest BCUT2D eigenvalue weighted by molar-refractivity contribution is 7.84. The van der Waals surface area contributed by atoms with Crippen LogP contribution in [0.1, 0.15) is 18.1 Å². The van der Waals surface area contributed by atoms with E-state index >= 15 is 0 Å². The van der Waals surface area contributed by atoms with E-state index < -0.39 is 16.9 Å². The Hall–Kier alpha value is -1.98. The van der Waals surface area contributed by atoms with Crippen molar-refractivity contribution in [2.24, 2.45) is 0 Å². The molecule has 2 aromatic carbocycles. The van der Waals surface area contributed by atoms with Gasteiger partial charge in [0.2, 0.25) is 5.91 Å². The molecule has 0 spiro atoms. The molecule has 0 heterocycles. The molecule has 0 aromatic heterocycles. The van der Waals surface area contributed by atoms with E-state index in [0.29, 0.717) is 16.1 Å². The van der Waals surface area contributed by atoms with Crippen LogP contribution in [0.4, 0.5) is 5.69 Å². The van der Waals surface area contributed by atoms with Crippen molar-refractivity contribution in [3.8, 4) is 0 Å². The van der Waals surface area contributed by atoms with Crippen molar-refractivity contribution in [2.75, 3.05) is 11.6 Å². The predicted octanol–water partition coefficient (Wildman–Crippen LogP) is 2.49. The molecule has 0 saturated heterocycles. The molecule has 0 aliphatic carbocycles. The number of rotatable bonds is 5. The summed E-state index contributed by atoms with van der Waals surface area (Å²) in [5, 5.41) is 12.7. The lowest BCUT2D eigenvalue weighted by atomic mass is 10.1. The van der Waals surface area contributed by atoms with Gasteiger partial charge in [-0.15, -0.1) is 0 Å². The molecule has 0 bridgehead atoms. The summed E-state index contributed by atoms with van der Waals surface area (Å²) in [6, 6.07) is 15.9. The lowest BCUT2D eigenvalue weighted by Gasteiger charge is -2.11. The minimum atomic E-state index is -1.04. The van der Waals surface area contributed by atoms with Crippen LogP contribution in [0.5, 0.6) is 0 Å². The zero-order valence-corrected chi connectivity index (χ0v) is 12.5. The summed E-state index contributed by atoms with van der Waals surface area (Å²) >= 11 is 0. The maximum atomic E-state index is 11.9. The molecule has 2 unspecified atom stereocenters. The molecule has 2 rings (SSSR count). The summed E-state index contributed by atoms with van der Waals surface area (Å²) in [4.78, 5) is 12.6. The first-order chi connectivity index (χ1) is 10.1. The van der Waals surface area contributed by atoms with Gasteiger partial charge in [-0.1, -0.05) is 30.3 Å². The van der Waals surface area contributed by atoms with Gasteiger partial charge in [0.25, 0.3) is 0 Å². The molecule has 5 heteroatoms. The Morgan fingerprint density at radius 3 is 2.33 bits per heavy atom. The van der Waals surface area contributed by atoms with Crippen LogP contribution in [0.3, 0.4) is 0 Å². The second kappa shape index (κ2) is 7.15. The molecule has 2 aromatic rings. The number of carbonyl (C=O) groups excluding carboxylic acids is 1. The zero-order chi connectivity index (χ0) is 15.2. The normalized spacial score (nSPS) is 13.4. The first kappa shape index (κ1) is 15.4. The van der Waals surface area contributed by atoms with Gasteiger partial charge >= 0.3 is 0 Å². The van der Waals surface area contributed by atoms with E-state index in [-0.39, 0.29) is 12.3 Å². The third-order valence-corrected chi connectivity index (χ3v) is 3.97. The van der Waals surface area contributed by atoms with E-state index in [9.17, 15) is 14.1 Å². The summed E-state index contributed by atoms with van der Waals surface area (Å²) < 4.78 is 11.3. The number of hydrogen-bond acceptors (Lipinski definition) is 3. The Morgan fingerprint density at radius 1 is 1.14 bits per heavy atom. The van der Waals surface area contributed by atoms with Crippen LogP contribution in [0, 0.1) is 0 Å². The highest BCUT2D eigenvalue weighted by Gasteiger charge is 2.12. The Labute approximate surface area is 126 Å². The van der Waals surface area contributed by atoms with Crippen molar-refractivity contribution in [1.82, 2.24) is 0 Å². The number of amides is 1. The summed E-state index contributed by atoms with van der Waals surface area (Å²) in [7, 11) is -1.04. The van der Waals surface area contributed by atoms with Crippen LogP contribution in [-0.2, 0) is 15.6 Å². The predicted molar refractivity (Wildman–Crippen MR) is 83.4 cm³/mol. The summed E-state index contributed by atoms with van der Waals surface area (Å²) in [6.07, 6.45) is 0.767. The van der Waals surface area contributed by atoms with Gasteiger partial charge in [-0.2, -0.15) is 0 Å². The third-order valence-electron chi connectivity index (χ3n) is 3.03. The van der Waals surface area contributed by atoms with E-state index in [0.717, 1.165) is 0 Å². The van der Waals surface area contributed by atoms with Crippen molar-refractivity contribution in [2.45, 2.75) is 17.4 Å². The first-order valence-electron chi connectivity index (χ1n) is 6.52.